The standard InChI is InChI=1S/C14H19N5OS/c1-8-12(6-5-7-15-8)17-14(20)11(4)16-9(2)13-10(3)18-19-21-13/h5-7,9,11,16H,1-4H3,(H,17,20)/t9?,11-/m0/s1. The fraction of sp³-hybridized carbons (Fsp3) is 0.429. The van der Waals surface area contributed by atoms with Gasteiger partial charge in [-0.3, -0.25) is 15.1 Å². The van der Waals surface area contributed by atoms with Crippen LogP contribution in [0.15, 0.2) is 18.3 Å². The Morgan fingerprint density at radius 3 is 2.67 bits per heavy atom. The van der Waals surface area contributed by atoms with Gasteiger partial charge in [-0.15, -0.1) is 5.10 Å². The Morgan fingerprint density at radius 1 is 1.29 bits per heavy atom. The van der Waals surface area contributed by atoms with Gasteiger partial charge in [-0.05, 0) is 51.4 Å². The van der Waals surface area contributed by atoms with E-state index in [4.69, 9.17) is 0 Å². The van der Waals surface area contributed by atoms with Crippen molar-refractivity contribution in [3.05, 3.63) is 34.6 Å². The minimum Gasteiger partial charge on any atom is -0.323 e. The number of aromatic nitrogens is 3. The van der Waals surface area contributed by atoms with Crippen molar-refractivity contribution < 1.29 is 4.79 Å². The number of aryl methyl sites for hydroxylation is 2. The van der Waals surface area contributed by atoms with Gasteiger partial charge in [-0.1, -0.05) is 4.49 Å². The zero-order valence-corrected chi connectivity index (χ0v) is 13.4. The molecule has 2 atom stereocenters. The average Bonchev–Trinajstić information content (AvgIpc) is 2.87. The molecule has 2 aromatic heterocycles. The molecule has 0 saturated carbocycles. The van der Waals surface area contributed by atoms with E-state index >= 15 is 0 Å². The predicted molar refractivity (Wildman–Crippen MR) is 83.3 cm³/mol. The van der Waals surface area contributed by atoms with Crippen LogP contribution in [0.3, 0.4) is 0 Å². The van der Waals surface area contributed by atoms with Crippen LogP contribution in [0.4, 0.5) is 5.69 Å². The number of rotatable bonds is 5. The quantitative estimate of drug-likeness (QED) is 0.885. The second-order valence-corrected chi connectivity index (χ2v) is 5.74. The first-order chi connectivity index (χ1) is 9.99. The van der Waals surface area contributed by atoms with E-state index in [0.717, 1.165) is 22.0 Å². The maximum Gasteiger partial charge on any atom is 0.241 e. The molecular weight excluding hydrogens is 286 g/mol. The van der Waals surface area contributed by atoms with Gasteiger partial charge in [0.15, 0.2) is 0 Å². The van der Waals surface area contributed by atoms with Crippen molar-refractivity contribution in [1.82, 2.24) is 19.9 Å². The summed E-state index contributed by atoms with van der Waals surface area (Å²) in [4.78, 5) is 17.4. The molecule has 2 heterocycles. The molecule has 1 amide bonds. The number of nitrogens with zero attached hydrogens (tertiary/aromatic N) is 3. The van der Waals surface area contributed by atoms with Crippen LogP contribution < -0.4 is 10.6 Å². The van der Waals surface area contributed by atoms with Crippen LogP contribution >= 0.6 is 11.5 Å². The molecule has 0 aliphatic heterocycles. The summed E-state index contributed by atoms with van der Waals surface area (Å²) in [7, 11) is 0. The third-order valence-electron chi connectivity index (χ3n) is 3.24. The molecule has 0 fully saturated rings. The fourth-order valence-corrected chi connectivity index (χ4v) is 2.67. The van der Waals surface area contributed by atoms with Crippen LogP contribution in [-0.2, 0) is 4.79 Å². The Balaban J connectivity index is 1.97. The lowest BCUT2D eigenvalue weighted by Crippen LogP contribution is -2.39. The highest BCUT2D eigenvalue weighted by Gasteiger charge is 2.19. The molecule has 6 nitrogen and oxygen atoms in total. The molecule has 2 rings (SSSR count). The lowest BCUT2D eigenvalue weighted by molar-refractivity contribution is -0.117. The summed E-state index contributed by atoms with van der Waals surface area (Å²) in [6.45, 7) is 7.62. The number of carbonyl (C=O) groups excluding carboxylic acids is 1. The molecule has 2 aromatic rings. The van der Waals surface area contributed by atoms with Gasteiger partial charge in [0.05, 0.1) is 28.0 Å². The molecule has 1 unspecified atom stereocenters. The van der Waals surface area contributed by atoms with E-state index in [0.29, 0.717) is 0 Å². The normalized spacial score (nSPS) is 13.7. The van der Waals surface area contributed by atoms with Gasteiger partial charge in [-0.25, -0.2) is 0 Å². The summed E-state index contributed by atoms with van der Waals surface area (Å²) in [5, 5.41) is 10.1. The highest BCUT2D eigenvalue weighted by atomic mass is 32.1. The predicted octanol–water partition coefficient (Wildman–Crippen LogP) is 2.23. The molecule has 7 heteroatoms. The van der Waals surface area contributed by atoms with Crippen LogP contribution in [0.2, 0.25) is 0 Å². The smallest absolute Gasteiger partial charge is 0.241 e. The second kappa shape index (κ2) is 6.73. The maximum atomic E-state index is 12.2. The van der Waals surface area contributed by atoms with Gasteiger partial charge in [0.25, 0.3) is 0 Å². The van der Waals surface area contributed by atoms with Crippen molar-refractivity contribution in [2.45, 2.75) is 39.8 Å². The van der Waals surface area contributed by atoms with Gasteiger partial charge < -0.3 is 5.32 Å². The molecule has 21 heavy (non-hydrogen) atoms. The number of anilines is 1. The van der Waals surface area contributed by atoms with E-state index < -0.39 is 0 Å². The van der Waals surface area contributed by atoms with E-state index in [1.807, 2.05) is 33.8 Å². The van der Waals surface area contributed by atoms with E-state index in [-0.39, 0.29) is 18.0 Å². The molecule has 0 bridgehead atoms. The highest BCUT2D eigenvalue weighted by molar-refractivity contribution is 7.05. The summed E-state index contributed by atoms with van der Waals surface area (Å²) < 4.78 is 3.92. The number of amides is 1. The second-order valence-electron chi connectivity index (χ2n) is 4.96. The van der Waals surface area contributed by atoms with E-state index in [2.05, 4.69) is 25.2 Å². The number of hydrogen-bond donors (Lipinski definition) is 2. The Morgan fingerprint density at radius 2 is 2.05 bits per heavy atom. The first kappa shape index (κ1) is 15.5. The van der Waals surface area contributed by atoms with Crippen molar-refractivity contribution in [3.63, 3.8) is 0 Å². The van der Waals surface area contributed by atoms with Crippen LogP contribution in [0.5, 0.6) is 0 Å². The number of pyridine rings is 1. The van der Waals surface area contributed by atoms with Gasteiger partial charge in [-0.2, -0.15) is 0 Å². The van der Waals surface area contributed by atoms with Crippen molar-refractivity contribution in [2.75, 3.05) is 5.32 Å². The molecule has 0 aliphatic carbocycles. The van der Waals surface area contributed by atoms with E-state index in [1.165, 1.54) is 11.5 Å². The first-order valence-electron chi connectivity index (χ1n) is 6.76. The number of hydrogen-bond acceptors (Lipinski definition) is 6. The van der Waals surface area contributed by atoms with Crippen molar-refractivity contribution in [1.29, 1.82) is 0 Å². The molecule has 0 aromatic carbocycles. The third-order valence-corrected chi connectivity index (χ3v) is 4.25. The SMILES string of the molecule is Cc1ncccc1NC(=O)[C@H](C)NC(C)c1snnc1C. The summed E-state index contributed by atoms with van der Waals surface area (Å²) in [5.74, 6) is -0.0897. The Bertz CT molecular complexity index is 627. The molecule has 2 N–H and O–H groups in total. The van der Waals surface area contributed by atoms with E-state index in [9.17, 15) is 4.79 Å². The third kappa shape index (κ3) is 3.83. The van der Waals surface area contributed by atoms with Crippen LogP contribution in [0.25, 0.3) is 0 Å². The van der Waals surface area contributed by atoms with Gasteiger partial charge in [0.2, 0.25) is 5.91 Å². The first-order valence-corrected chi connectivity index (χ1v) is 7.53. The molecule has 0 radical (unpaired) electrons. The van der Waals surface area contributed by atoms with Crippen molar-refractivity contribution in [3.8, 4) is 0 Å². The minimum absolute atomic E-state index is 0.0285. The van der Waals surface area contributed by atoms with Crippen molar-refractivity contribution >= 4 is 23.1 Å². The molecule has 112 valence electrons. The monoisotopic (exact) mass is 305 g/mol. The maximum absolute atomic E-state index is 12.2. The average molecular weight is 305 g/mol. The molecular formula is C14H19N5OS. The zero-order valence-electron chi connectivity index (χ0n) is 12.5. The van der Waals surface area contributed by atoms with Crippen molar-refractivity contribution in [2.24, 2.45) is 0 Å². The largest absolute Gasteiger partial charge is 0.323 e. The number of carbonyl (C=O) groups is 1. The summed E-state index contributed by atoms with van der Waals surface area (Å²) in [6.07, 6.45) is 1.70. The Labute approximate surface area is 128 Å². The molecule has 0 spiro atoms. The lowest BCUT2D eigenvalue weighted by atomic mass is 10.2. The van der Waals surface area contributed by atoms with Crippen LogP contribution in [-0.4, -0.2) is 26.5 Å². The summed E-state index contributed by atoms with van der Waals surface area (Å²) in [6, 6.07) is 3.34. The summed E-state index contributed by atoms with van der Waals surface area (Å²) in [5.41, 5.74) is 2.43. The topological polar surface area (TPSA) is 79.8 Å². The Hall–Kier alpha value is -1.86. The molecule has 0 saturated heterocycles. The fourth-order valence-electron chi connectivity index (χ4n) is 2.02. The summed E-state index contributed by atoms with van der Waals surface area (Å²) >= 11 is 1.35. The zero-order chi connectivity index (χ0) is 15.4. The van der Waals surface area contributed by atoms with Gasteiger partial charge in [0.1, 0.15) is 0 Å². The minimum atomic E-state index is -0.332. The highest BCUT2D eigenvalue weighted by Crippen LogP contribution is 2.19. The van der Waals surface area contributed by atoms with E-state index in [1.54, 1.807) is 12.3 Å². The van der Waals surface area contributed by atoms with Gasteiger partial charge >= 0.3 is 0 Å². The molecule has 0 aliphatic rings. The van der Waals surface area contributed by atoms with Crippen LogP contribution in [0.1, 0.15) is 36.2 Å². The van der Waals surface area contributed by atoms with Gasteiger partial charge in [0, 0.05) is 12.2 Å². The lowest BCUT2D eigenvalue weighted by Gasteiger charge is -2.19. The number of nitrogens with one attached hydrogen (secondary N) is 2. The van der Waals surface area contributed by atoms with Crippen LogP contribution in [0, 0.1) is 13.8 Å². The Kier molecular flexibility index (Phi) is 4.98.